The van der Waals surface area contributed by atoms with Gasteiger partial charge in [-0.15, -0.1) is 0 Å². The Labute approximate surface area is 93.2 Å². The molecular formula is C11H16BrNO. The summed E-state index contributed by atoms with van der Waals surface area (Å²) in [5.74, 6) is 2.50. The predicted molar refractivity (Wildman–Crippen MR) is 59.7 cm³/mol. The molecule has 0 aliphatic heterocycles. The number of rotatable bonds is 4. The highest BCUT2D eigenvalue weighted by Gasteiger charge is 2.31. The molecule has 1 aliphatic rings. The molecule has 78 valence electrons. The Balaban J connectivity index is 2.25. The van der Waals surface area contributed by atoms with Gasteiger partial charge in [-0.1, -0.05) is 34.9 Å². The lowest BCUT2D eigenvalue weighted by Gasteiger charge is -2.04. The lowest BCUT2D eigenvalue weighted by Crippen LogP contribution is -1.98. The maximum atomic E-state index is 5.43. The van der Waals surface area contributed by atoms with Crippen LogP contribution in [0.1, 0.15) is 49.6 Å². The van der Waals surface area contributed by atoms with Crippen LogP contribution in [0.25, 0.3) is 0 Å². The van der Waals surface area contributed by atoms with Gasteiger partial charge in [0.1, 0.15) is 5.76 Å². The summed E-state index contributed by atoms with van der Waals surface area (Å²) in [7, 11) is 0. The summed E-state index contributed by atoms with van der Waals surface area (Å²) >= 11 is 3.46. The highest BCUT2D eigenvalue weighted by molar-refractivity contribution is 9.08. The molecule has 1 aromatic heterocycles. The molecule has 2 nitrogen and oxygen atoms in total. The van der Waals surface area contributed by atoms with Gasteiger partial charge in [0.15, 0.2) is 0 Å². The highest BCUT2D eigenvalue weighted by atomic mass is 79.9. The fraction of sp³-hybridized carbons (Fsp3) is 0.727. The topological polar surface area (TPSA) is 26.0 Å². The first-order valence-electron chi connectivity index (χ1n) is 5.25. The first-order chi connectivity index (χ1) is 6.72. The minimum atomic E-state index is 0.670. The van der Waals surface area contributed by atoms with Crippen molar-refractivity contribution in [2.45, 2.75) is 44.4 Å². The SMILES string of the molecule is CC(C)Cc1c(CBr)noc1C1CC1. The molecule has 1 aliphatic carbocycles. The molecule has 0 unspecified atom stereocenters. The quantitative estimate of drug-likeness (QED) is 0.770. The first kappa shape index (κ1) is 10.2. The summed E-state index contributed by atoms with van der Waals surface area (Å²) in [6.07, 6.45) is 3.65. The molecule has 1 fully saturated rings. The van der Waals surface area contributed by atoms with E-state index in [1.165, 1.54) is 18.4 Å². The van der Waals surface area contributed by atoms with Crippen LogP contribution in [0.15, 0.2) is 4.52 Å². The lowest BCUT2D eigenvalue weighted by atomic mass is 10.00. The van der Waals surface area contributed by atoms with Gasteiger partial charge in [-0.25, -0.2) is 0 Å². The van der Waals surface area contributed by atoms with Crippen LogP contribution >= 0.6 is 15.9 Å². The van der Waals surface area contributed by atoms with Crippen molar-refractivity contribution in [3.05, 3.63) is 17.0 Å². The second kappa shape index (κ2) is 4.05. The monoisotopic (exact) mass is 257 g/mol. The van der Waals surface area contributed by atoms with Crippen LogP contribution in [0.3, 0.4) is 0 Å². The largest absolute Gasteiger partial charge is 0.361 e. The van der Waals surface area contributed by atoms with Crippen molar-refractivity contribution in [2.75, 3.05) is 0 Å². The summed E-state index contributed by atoms with van der Waals surface area (Å²) in [6.45, 7) is 4.48. The molecule has 0 saturated heterocycles. The molecule has 0 radical (unpaired) electrons. The van der Waals surface area contributed by atoms with Gasteiger partial charge >= 0.3 is 0 Å². The summed E-state index contributed by atoms with van der Waals surface area (Å²) in [5, 5.41) is 4.94. The molecule has 1 aromatic rings. The van der Waals surface area contributed by atoms with Crippen LogP contribution in [0.4, 0.5) is 0 Å². The minimum Gasteiger partial charge on any atom is -0.361 e. The molecule has 0 aromatic carbocycles. The Morgan fingerprint density at radius 1 is 1.50 bits per heavy atom. The van der Waals surface area contributed by atoms with Gasteiger partial charge in [0.25, 0.3) is 0 Å². The lowest BCUT2D eigenvalue weighted by molar-refractivity contribution is 0.378. The van der Waals surface area contributed by atoms with E-state index in [1.54, 1.807) is 0 Å². The van der Waals surface area contributed by atoms with Gasteiger partial charge in [0, 0.05) is 16.8 Å². The van der Waals surface area contributed by atoms with Crippen LogP contribution in [0.5, 0.6) is 0 Å². The molecule has 1 heterocycles. The fourth-order valence-corrected chi connectivity index (χ4v) is 2.20. The molecule has 0 atom stereocenters. The van der Waals surface area contributed by atoms with E-state index in [0.717, 1.165) is 23.2 Å². The highest BCUT2D eigenvalue weighted by Crippen LogP contribution is 2.43. The molecule has 14 heavy (non-hydrogen) atoms. The third-order valence-electron chi connectivity index (χ3n) is 2.59. The van der Waals surface area contributed by atoms with Crippen molar-refractivity contribution in [1.29, 1.82) is 0 Å². The Morgan fingerprint density at radius 2 is 2.21 bits per heavy atom. The third kappa shape index (κ3) is 2.02. The normalized spacial score (nSPS) is 16.6. The molecular weight excluding hydrogens is 242 g/mol. The Morgan fingerprint density at radius 3 is 2.71 bits per heavy atom. The van der Waals surface area contributed by atoms with E-state index in [4.69, 9.17) is 4.52 Å². The van der Waals surface area contributed by atoms with Crippen molar-refractivity contribution < 1.29 is 4.52 Å². The van der Waals surface area contributed by atoms with Crippen molar-refractivity contribution >= 4 is 15.9 Å². The van der Waals surface area contributed by atoms with Gasteiger partial charge in [-0.05, 0) is 25.2 Å². The van der Waals surface area contributed by atoms with Gasteiger partial charge in [0.2, 0.25) is 0 Å². The molecule has 3 heteroatoms. The second-order valence-corrected chi connectivity index (χ2v) is 5.04. The van der Waals surface area contributed by atoms with Gasteiger partial charge in [-0.2, -0.15) is 0 Å². The van der Waals surface area contributed by atoms with Crippen LogP contribution < -0.4 is 0 Å². The van der Waals surface area contributed by atoms with Crippen molar-refractivity contribution in [3.8, 4) is 0 Å². The summed E-state index contributed by atoms with van der Waals surface area (Å²) in [6, 6.07) is 0. The zero-order chi connectivity index (χ0) is 10.1. The predicted octanol–water partition coefficient (Wildman–Crippen LogP) is 3.65. The molecule has 0 N–H and O–H groups in total. The average molecular weight is 258 g/mol. The first-order valence-corrected chi connectivity index (χ1v) is 6.37. The van der Waals surface area contributed by atoms with Crippen LogP contribution in [-0.2, 0) is 11.8 Å². The number of hydrogen-bond acceptors (Lipinski definition) is 2. The molecule has 2 rings (SSSR count). The maximum absolute atomic E-state index is 5.43. The smallest absolute Gasteiger partial charge is 0.143 e. The Bertz CT molecular complexity index is 315. The van der Waals surface area contributed by atoms with E-state index in [0.29, 0.717) is 11.8 Å². The molecule has 0 spiro atoms. The minimum absolute atomic E-state index is 0.670. The van der Waals surface area contributed by atoms with Crippen LogP contribution in [-0.4, -0.2) is 5.16 Å². The zero-order valence-electron chi connectivity index (χ0n) is 8.72. The number of aromatic nitrogens is 1. The van der Waals surface area contributed by atoms with Crippen LogP contribution in [0, 0.1) is 5.92 Å². The summed E-state index contributed by atoms with van der Waals surface area (Å²) < 4.78 is 5.43. The molecule has 0 amide bonds. The summed E-state index contributed by atoms with van der Waals surface area (Å²) in [5.41, 5.74) is 2.46. The number of halogens is 1. The van der Waals surface area contributed by atoms with E-state index < -0.39 is 0 Å². The van der Waals surface area contributed by atoms with Gasteiger partial charge in [0.05, 0.1) is 5.69 Å². The van der Waals surface area contributed by atoms with E-state index in [9.17, 15) is 0 Å². The van der Waals surface area contributed by atoms with Gasteiger partial charge in [-0.3, -0.25) is 0 Å². The fourth-order valence-electron chi connectivity index (χ4n) is 1.75. The maximum Gasteiger partial charge on any atom is 0.143 e. The standard InChI is InChI=1S/C11H16BrNO/c1-7(2)5-9-10(6-12)13-14-11(9)8-3-4-8/h7-8H,3-6H2,1-2H3. The van der Waals surface area contributed by atoms with Crippen molar-refractivity contribution in [1.82, 2.24) is 5.16 Å². The van der Waals surface area contributed by atoms with E-state index in [-0.39, 0.29) is 0 Å². The number of nitrogens with zero attached hydrogens (tertiary/aromatic N) is 1. The van der Waals surface area contributed by atoms with E-state index >= 15 is 0 Å². The number of alkyl halides is 1. The van der Waals surface area contributed by atoms with E-state index in [1.807, 2.05) is 0 Å². The zero-order valence-corrected chi connectivity index (χ0v) is 10.3. The number of hydrogen-bond donors (Lipinski definition) is 0. The Kier molecular flexibility index (Phi) is 2.96. The third-order valence-corrected chi connectivity index (χ3v) is 3.12. The van der Waals surface area contributed by atoms with Crippen molar-refractivity contribution in [3.63, 3.8) is 0 Å². The molecule has 0 bridgehead atoms. The van der Waals surface area contributed by atoms with E-state index in [2.05, 4.69) is 34.9 Å². The Hall–Kier alpha value is -0.310. The summed E-state index contributed by atoms with van der Waals surface area (Å²) in [4.78, 5) is 0. The van der Waals surface area contributed by atoms with Crippen molar-refractivity contribution in [2.24, 2.45) is 5.92 Å². The van der Waals surface area contributed by atoms with Crippen LogP contribution in [0.2, 0.25) is 0 Å². The van der Waals surface area contributed by atoms with Gasteiger partial charge < -0.3 is 4.52 Å². The molecule has 1 saturated carbocycles. The second-order valence-electron chi connectivity index (χ2n) is 4.48. The average Bonchev–Trinajstić information content (AvgIpc) is 2.89.